The molecule has 7 nitrogen and oxygen atoms in total. The first-order chi connectivity index (χ1) is 14.6. The molecule has 2 heterocycles. The fourth-order valence-electron chi connectivity index (χ4n) is 3.68. The lowest BCUT2D eigenvalue weighted by atomic mass is 9.90. The molecule has 0 atom stereocenters. The van der Waals surface area contributed by atoms with Crippen LogP contribution in [-0.4, -0.2) is 39.9 Å². The zero-order chi connectivity index (χ0) is 21.1. The van der Waals surface area contributed by atoms with E-state index in [4.69, 9.17) is 15.6 Å². The highest BCUT2D eigenvalue weighted by molar-refractivity contribution is 14.1. The number of nitrogens with two attached hydrogens (primary N) is 1. The van der Waals surface area contributed by atoms with Crippen molar-refractivity contribution in [2.45, 2.75) is 22.7 Å². The summed E-state index contributed by atoms with van der Waals surface area (Å²) in [5.74, 6) is 0.442. The van der Waals surface area contributed by atoms with Crippen LogP contribution in [0.15, 0.2) is 35.4 Å². The molecular weight excluding hydrogens is 515 g/mol. The van der Waals surface area contributed by atoms with Gasteiger partial charge in [-0.05, 0) is 33.5 Å². The van der Waals surface area contributed by atoms with Crippen LogP contribution < -0.4 is 11.1 Å². The summed E-state index contributed by atoms with van der Waals surface area (Å²) in [5, 5.41) is 14.6. The molecule has 0 saturated carbocycles. The van der Waals surface area contributed by atoms with Gasteiger partial charge in [-0.25, -0.2) is 9.97 Å². The van der Waals surface area contributed by atoms with E-state index in [0.717, 1.165) is 26.1 Å². The largest absolute Gasteiger partial charge is 0.387 e. The number of thioether (sulfide) groups is 1. The molecule has 0 aliphatic carbocycles. The maximum absolute atomic E-state index is 11.2. The molecule has 1 aliphatic rings. The van der Waals surface area contributed by atoms with E-state index in [2.05, 4.69) is 62.1 Å². The lowest BCUT2D eigenvalue weighted by Gasteiger charge is -2.22. The molecule has 0 saturated heterocycles. The Morgan fingerprint density at radius 1 is 1.27 bits per heavy atom. The number of aromatic nitrogens is 2. The lowest BCUT2D eigenvalue weighted by Crippen LogP contribution is -2.28. The summed E-state index contributed by atoms with van der Waals surface area (Å²) in [7, 11) is 0. The van der Waals surface area contributed by atoms with E-state index in [9.17, 15) is 4.79 Å². The number of benzene rings is 2. The third kappa shape index (κ3) is 4.39. The zero-order valence-electron chi connectivity index (χ0n) is 16.2. The number of alkyl halides is 1. The molecule has 30 heavy (non-hydrogen) atoms. The Balaban J connectivity index is 1.73. The van der Waals surface area contributed by atoms with Crippen LogP contribution in [0.5, 0.6) is 0 Å². The van der Waals surface area contributed by atoms with Crippen LogP contribution in [0.4, 0.5) is 5.95 Å². The van der Waals surface area contributed by atoms with Crippen molar-refractivity contribution in [2.75, 3.05) is 24.6 Å². The van der Waals surface area contributed by atoms with Gasteiger partial charge in [0.1, 0.15) is 11.6 Å². The van der Waals surface area contributed by atoms with Gasteiger partial charge in [0.05, 0.1) is 18.9 Å². The summed E-state index contributed by atoms with van der Waals surface area (Å²) >= 11 is 3.86. The first kappa shape index (κ1) is 21.3. The number of nitrogens with zero attached hydrogens (tertiary/aromatic N) is 2. The number of ether oxygens (including phenoxy) is 1. The first-order valence-corrected chi connectivity index (χ1v) is 12.0. The Bertz CT molecular complexity index is 1110. The van der Waals surface area contributed by atoms with Gasteiger partial charge >= 0.3 is 0 Å². The van der Waals surface area contributed by atoms with Gasteiger partial charge < -0.3 is 20.9 Å². The zero-order valence-corrected chi connectivity index (χ0v) is 19.1. The van der Waals surface area contributed by atoms with E-state index in [1.807, 2.05) is 6.07 Å². The number of anilines is 1. The maximum Gasteiger partial charge on any atom is 0.245 e. The van der Waals surface area contributed by atoms with Crippen LogP contribution in [0.1, 0.15) is 16.7 Å². The molecule has 1 amide bonds. The highest BCUT2D eigenvalue weighted by Gasteiger charge is 2.20. The fourth-order valence-corrected chi connectivity index (χ4v) is 5.04. The molecule has 3 aromatic rings. The van der Waals surface area contributed by atoms with Gasteiger partial charge in [0, 0.05) is 22.3 Å². The smallest absolute Gasteiger partial charge is 0.245 e. The standard InChI is InChI=1S/C21H21IN4O3S/c22-8-13-6-14-11-29-10-12-2-1-3-15(19(12)14)20(13)16-7-18(26-21(23)25-16)30-5-4-24-17(28)9-27/h1-3,6-7,27H,4-5,8-11H2,(H,24,28)(H2,23,25,26). The Morgan fingerprint density at radius 3 is 2.90 bits per heavy atom. The van der Waals surface area contributed by atoms with E-state index in [1.54, 1.807) is 0 Å². The molecule has 0 spiro atoms. The fraction of sp³-hybridized carbons (Fsp3) is 0.286. The summed E-state index contributed by atoms with van der Waals surface area (Å²) in [6.07, 6.45) is 0. The molecule has 1 aliphatic heterocycles. The second-order valence-electron chi connectivity index (χ2n) is 6.84. The second kappa shape index (κ2) is 9.46. The van der Waals surface area contributed by atoms with Crippen LogP contribution in [-0.2, 0) is 27.2 Å². The number of carbonyl (C=O) groups is 1. The molecule has 0 fully saturated rings. The summed E-state index contributed by atoms with van der Waals surface area (Å²) in [6.45, 7) is 1.15. The summed E-state index contributed by atoms with van der Waals surface area (Å²) in [5.41, 5.74) is 11.5. The van der Waals surface area contributed by atoms with Crippen molar-refractivity contribution in [2.24, 2.45) is 0 Å². The van der Waals surface area contributed by atoms with Crippen molar-refractivity contribution < 1.29 is 14.6 Å². The van der Waals surface area contributed by atoms with E-state index in [1.165, 1.54) is 33.8 Å². The van der Waals surface area contributed by atoms with Crippen molar-refractivity contribution >= 4 is 57.0 Å². The molecule has 4 N–H and O–H groups in total. The topological polar surface area (TPSA) is 110 Å². The SMILES string of the molecule is Nc1nc(SCCNC(=O)CO)cc(-c2c(CI)cc3c4c(cccc24)COC3)n1. The number of carbonyl (C=O) groups excluding carboxylic acids is 1. The molecule has 1 aromatic heterocycles. The Kier molecular flexibility index (Phi) is 6.71. The van der Waals surface area contributed by atoms with E-state index < -0.39 is 12.5 Å². The number of aliphatic hydroxyl groups excluding tert-OH is 1. The number of halogens is 1. The normalized spacial score (nSPS) is 12.9. The average Bonchev–Trinajstić information content (AvgIpc) is 2.76. The molecule has 156 valence electrons. The van der Waals surface area contributed by atoms with Gasteiger partial charge in [0.25, 0.3) is 0 Å². The Morgan fingerprint density at radius 2 is 2.10 bits per heavy atom. The first-order valence-electron chi connectivity index (χ1n) is 9.46. The van der Waals surface area contributed by atoms with Crippen LogP contribution in [0, 0.1) is 0 Å². The van der Waals surface area contributed by atoms with E-state index in [-0.39, 0.29) is 5.95 Å². The number of nitrogen functional groups attached to an aromatic ring is 1. The maximum atomic E-state index is 11.2. The second-order valence-corrected chi connectivity index (χ2v) is 8.72. The molecule has 0 unspecified atom stereocenters. The van der Waals surface area contributed by atoms with Crippen LogP contribution in [0.25, 0.3) is 22.0 Å². The number of amides is 1. The highest BCUT2D eigenvalue weighted by atomic mass is 127. The predicted octanol–water partition coefficient (Wildman–Crippen LogP) is 3.04. The molecule has 4 rings (SSSR count). The van der Waals surface area contributed by atoms with Gasteiger partial charge in [0.15, 0.2) is 0 Å². The Hall–Kier alpha value is -1.95. The van der Waals surface area contributed by atoms with E-state index in [0.29, 0.717) is 25.5 Å². The number of aliphatic hydroxyl groups is 1. The minimum Gasteiger partial charge on any atom is -0.387 e. The molecule has 2 aromatic carbocycles. The minimum absolute atomic E-state index is 0.220. The van der Waals surface area contributed by atoms with Crippen molar-refractivity contribution in [3.63, 3.8) is 0 Å². The van der Waals surface area contributed by atoms with Crippen LogP contribution in [0.3, 0.4) is 0 Å². The molecule has 9 heteroatoms. The number of hydrogen-bond donors (Lipinski definition) is 3. The van der Waals surface area contributed by atoms with Gasteiger partial charge in [-0.1, -0.05) is 46.9 Å². The lowest BCUT2D eigenvalue weighted by molar-refractivity contribution is -0.123. The monoisotopic (exact) mass is 536 g/mol. The van der Waals surface area contributed by atoms with E-state index >= 15 is 0 Å². The molecule has 0 bridgehead atoms. The van der Waals surface area contributed by atoms with Crippen LogP contribution in [0.2, 0.25) is 0 Å². The predicted molar refractivity (Wildman–Crippen MR) is 126 cm³/mol. The number of hydrogen-bond acceptors (Lipinski definition) is 7. The quantitative estimate of drug-likeness (QED) is 0.140. The van der Waals surface area contributed by atoms with Gasteiger partial charge in [-0.3, -0.25) is 4.79 Å². The summed E-state index contributed by atoms with van der Waals surface area (Å²) < 4.78 is 6.59. The van der Waals surface area contributed by atoms with Crippen molar-refractivity contribution in [1.29, 1.82) is 0 Å². The molecular formula is C21H21IN4O3S. The average molecular weight is 536 g/mol. The molecule has 0 radical (unpaired) electrons. The number of nitrogens with one attached hydrogen (secondary N) is 1. The highest BCUT2D eigenvalue weighted by Crippen LogP contribution is 2.39. The Labute approximate surface area is 192 Å². The number of rotatable bonds is 7. The third-order valence-corrected chi connectivity index (χ3v) is 6.60. The summed E-state index contributed by atoms with van der Waals surface area (Å²) in [6, 6.07) is 10.5. The van der Waals surface area contributed by atoms with Gasteiger partial charge in [-0.2, -0.15) is 0 Å². The van der Waals surface area contributed by atoms with Crippen molar-refractivity contribution in [3.8, 4) is 11.3 Å². The third-order valence-electron chi connectivity index (χ3n) is 4.86. The van der Waals surface area contributed by atoms with Gasteiger partial charge in [-0.15, -0.1) is 11.8 Å². The minimum atomic E-state index is -0.509. The summed E-state index contributed by atoms with van der Waals surface area (Å²) in [4.78, 5) is 20.1. The van der Waals surface area contributed by atoms with Crippen molar-refractivity contribution in [3.05, 3.63) is 47.0 Å². The van der Waals surface area contributed by atoms with Crippen LogP contribution >= 0.6 is 34.4 Å². The van der Waals surface area contributed by atoms with Gasteiger partial charge in [0.2, 0.25) is 11.9 Å². The van der Waals surface area contributed by atoms with Crippen molar-refractivity contribution in [1.82, 2.24) is 15.3 Å².